The molecule has 0 atom stereocenters. The summed E-state index contributed by atoms with van der Waals surface area (Å²) in [5.74, 6) is 1.74. The van der Waals surface area contributed by atoms with Crippen LogP contribution in [0, 0.1) is 12.8 Å². The van der Waals surface area contributed by atoms with Crippen LogP contribution in [0.3, 0.4) is 0 Å². The van der Waals surface area contributed by atoms with Crippen LogP contribution in [0.1, 0.15) is 25.1 Å². The Bertz CT molecular complexity index is 391. The van der Waals surface area contributed by atoms with Crippen molar-refractivity contribution in [1.29, 1.82) is 0 Å². The molecule has 0 saturated carbocycles. The summed E-state index contributed by atoms with van der Waals surface area (Å²) in [6, 6.07) is 3.64. The van der Waals surface area contributed by atoms with Gasteiger partial charge < -0.3 is 10.9 Å². The van der Waals surface area contributed by atoms with Gasteiger partial charge in [-0.05, 0) is 25.0 Å². The van der Waals surface area contributed by atoms with Gasteiger partial charge in [-0.25, -0.2) is 4.98 Å². The average molecular weight is 239 g/mol. The van der Waals surface area contributed by atoms with Gasteiger partial charge in [0.2, 0.25) is 0 Å². The van der Waals surface area contributed by atoms with Gasteiger partial charge >= 0.3 is 0 Å². The second-order valence-corrected chi connectivity index (χ2v) is 5.07. The van der Waals surface area contributed by atoms with Crippen molar-refractivity contribution in [2.45, 2.75) is 25.8 Å². The number of aromatic nitrogens is 1. The second kappa shape index (κ2) is 5.75. The first-order valence-electron chi connectivity index (χ1n) is 5.12. The van der Waals surface area contributed by atoms with E-state index < -0.39 is 0 Å². The molecule has 1 aromatic rings. The third kappa shape index (κ3) is 3.73. The van der Waals surface area contributed by atoms with Gasteiger partial charge in [0.1, 0.15) is 0 Å². The number of nitrogens with zero attached hydrogens (tertiary/aromatic N) is 2. The summed E-state index contributed by atoms with van der Waals surface area (Å²) in [4.78, 5) is 4.39. The van der Waals surface area contributed by atoms with Crippen molar-refractivity contribution >= 4 is 17.6 Å². The summed E-state index contributed by atoms with van der Waals surface area (Å²) < 4.78 is 0. The summed E-state index contributed by atoms with van der Waals surface area (Å²) in [5.41, 5.74) is 7.13. The van der Waals surface area contributed by atoms with E-state index in [0.29, 0.717) is 11.5 Å². The molecule has 4 nitrogen and oxygen atoms in total. The molecule has 0 unspecified atom stereocenters. The number of nitrogens with two attached hydrogens (primary N) is 1. The summed E-state index contributed by atoms with van der Waals surface area (Å²) >= 11 is 1.68. The van der Waals surface area contributed by atoms with Crippen LogP contribution in [0.2, 0.25) is 0 Å². The van der Waals surface area contributed by atoms with Crippen LogP contribution < -0.4 is 5.73 Å². The Kier molecular flexibility index (Phi) is 4.61. The Hall–Kier alpha value is -1.23. The molecule has 0 bridgehead atoms. The standard InChI is InChI=1S/C11H17N3OS/c1-7(2)6-16-10-5-9(11(12)14-15)4-8(3)13-10/h4-5,7,15H,6H2,1-3H3,(H2,12,14). The molecule has 0 amide bonds. The zero-order valence-electron chi connectivity index (χ0n) is 9.77. The average Bonchev–Trinajstić information content (AvgIpc) is 2.24. The van der Waals surface area contributed by atoms with Crippen LogP contribution in [0.15, 0.2) is 22.3 Å². The largest absolute Gasteiger partial charge is 0.409 e. The van der Waals surface area contributed by atoms with Crippen LogP contribution >= 0.6 is 11.8 Å². The summed E-state index contributed by atoms with van der Waals surface area (Å²) in [6.45, 7) is 6.22. The zero-order chi connectivity index (χ0) is 12.1. The Balaban J connectivity index is 2.90. The normalized spacial score (nSPS) is 12.1. The van der Waals surface area contributed by atoms with Crippen molar-refractivity contribution in [2.75, 3.05) is 5.75 Å². The van der Waals surface area contributed by atoms with E-state index in [1.807, 2.05) is 13.0 Å². The number of pyridine rings is 1. The van der Waals surface area contributed by atoms with E-state index in [2.05, 4.69) is 24.0 Å². The molecule has 1 rings (SSSR count). The molecule has 0 spiro atoms. The van der Waals surface area contributed by atoms with E-state index in [4.69, 9.17) is 10.9 Å². The number of amidine groups is 1. The summed E-state index contributed by atoms with van der Waals surface area (Å²) in [7, 11) is 0. The fourth-order valence-electron chi connectivity index (χ4n) is 1.17. The van der Waals surface area contributed by atoms with Gasteiger partial charge in [0.05, 0.1) is 5.03 Å². The highest BCUT2D eigenvalue weighted by atomic mass is 32.2. The Morgan fingerprint density at radius 1 is 1.56 bits per heavy atom. The topological polar surface area (TPSA) is 71.5 Å². The first-order valence-corrected chi connectivity index (χ1v) is 6.11. The Labute approximate surface area is 99.9 Å². The van der Waals surface area contributed by atoms with Gasteiger partial charge in [-0.15, -0.1) is 11.8 Å². The minimum Gasteiger partial charge on any atom is -0.409 e. The maximum atomic E-state index is 8.62. The molecule has 0 aromatic carbocycles. The third-order valence-electron chi connectivity index (χ3n) is 1.90. The van der Waals surface area contributed by atoms with E-state index in [0.717, 1.165) is 16.5 Å². The monoisotopic (exact) mass is 239 g/mol. The highest BCUT2D eigenvalue weighted by Gasteiger charge is 2.05. The maximum absolute atomic E-state index is 8.62. The van der Waals surface area contributed by atoms with Gasteiger partial charge in [0.25, 0.3) is 0 Å². The molecule has 0 aliphatic heterocycles. The van der Waals surface area contributed by atoms with E-state index in [1.165, 1.54) is 0 Å². The molecule has 3 N–H and O–H groups in total. The number of oxime groups is 1. The molecule has 0 saturated heterocycles. The predicted octanol–water partition coefficient (Wildman–Crippen LogP) is 2.23. The van der Waals surface area contributed by atoms with Crippen LogP contribution in [-0.4, -0.2) is 21.8 Å². The minimum atomic E-state index is 0.122. The summed E-state index contributed by atoms with van der Waals surface area (Å²) in [5, 5.41) is 12.5. The molecule has 1 heterocycles. The SMILES string of the molecule is Cc1cc(/C(N)=N/O)cc(SCC(C)C)n1. The lowest BCUT2D eigenvalue weighted by Gasteiger charge is -2.07. The minimum absolute atomic E-state index is 0.122. The van der Waals surface area contributed by atoms with Crippen LogP contribution in [0.5, 0.6) is 0 Å². The third-order valence-corrected chi connectivity index (χ3v) is 3.24. The van der Waals surface area contributed by atoms with Crippen molar-refractivity contribution in [3.63, 3.8) is 0 Å². The first kappa shape index (κ1) is 12.8. The van der Waals surface area contributed by atoms with Gasteiger partial charge in [-0.3, -0.25) is 0 Å². The number of rotatable bonds is 4. The van der Waals surface area contributed by atoms with Gasteiger partial charge in [0.15, 0.2) is 5.84 Å². The lowest BCUT2D eigenvalue weighted by atomic mass is 10.2. The molecule has 0 radical (unpaired) electrons. The molecular formula is C11H17N3OS. The lowest BCUT2D eigenvalue weighted by Crippen LogP contribution is -2.13. The Morgan fingerprint density at radius 3 is 2.81 bits per heavy atom. The predicted molar refractivity (Wildman–Crippen MR) is 67.0 cm³/mol. The van der Waals surface area contributed by atoms with E-state index >= 15 is 0 Å². The fourth-order valence-corrected chi connectivity index (χ4v) is 2.09. The molecular weight excluding hydrogens is 222 g/mol. The van der Waals surface area contributed by atoms with Crippen LogP contribution in [0.4, 0.5) is 0 Å². The van der Waals surface area contributed by atoms with Crippen LogP contribution in [-0.2, 0) is 0 Å². The quantitative estimate of drug-likeness (QED) is 0.278. The first-order chi connectivity index (χ1) is 7.52. The van der Waals surface area contributed by atoms with Crippen LogP contribution in [0.25, 0.3) is 0 Å². The fraction of sp³-hybridized carbons (Fsp3) is 0.455. The molecule has 0 fully saturated rings. The summed E-state index contributed by atoms with van der Waals surface area (Å²) in [6.07, 6.45) is 0. The zero-order valence-corrected chi connectivity index (χ0v) is 10.6. The highest BCUT2D eigenvalue weighted by molar-refractivity contribution is 7.99. The number of hydrogen-bond acceptors (Lipinski definition) is 4. The van der Waals surface area contributed by atoms with E-state index in [-0.39, 0.29) is 5.84 Å². The van der Waals surface area contributed by atoms with Crippen molar-refractivity contribution in [3.05, 3.63) is 23.4 Å². The molecule has 0 aliphatic carbocycles. The van der Waals surface area contributed by atoms with Crippen molar-refractivity contribution in [2.24, 2.45) is 16.8 Å². The van der Waals surface area contributed by atoms with Gasteiger partial charge in [0, 0.05) is 17.0 Å². The molecule has 5 heteroatoms. The highest BCUT2D eigenvalue weighted by Crippen LogP contribution is 2.20. The van der Waals surface area contributed by atoms with E-state index in [1.54, 1.807) is 17.8 Å². The molecule has 16 heavy (non-hydrogen) atoms. The van der Waals surface area contributed by atoms with Gasteiger partial charge in [-0.2, -0.15) is 0 Å². The lowest BCUT2D eigenvalue weighted by molar-refractivity contribution is 0.318. The second-order valence-electron chi connectivity index (χ2n) is 4.03. The number of aryl methyl sites for hydroxylation is 1. The Morgan fingerprint density at radius 2 is 2.25 bits per heavy atom. The van der Waals surface area contributed by atoms with Crippen molar-refractivity contribution in [3.8, 4) is 0 Å². The number of thioether (sulfide) groups is 1. The number of hydrogen-bond donors (Lipinski definition) is 2. The molecule has 0 aliphatic rings. The maximum Gasteiger partial charge on any atom is 0.170 e. The molecule has 1 aromatic heterocycles. The molecule has 88 valence electrons. The van der Waals surface area contributed by atoms with Crippen molar-refractivity contribution in [1.82, 2.24) is 4.98 Å². The smallest absolute Gasteiger partial charge is 0.170 e. The van der Waals surface area contributed by atoms with E-state index in [9.17, 15) is 0 Å². The van der Waals surface area contributed by atoms with Gasteiger partial charge in [-0.1, -0.05) is 19.0 Å². The van der Waals surface area contributed by atoms with Crippen molar-refractivity contribution < 1.29 is 5.21 Å².